The highest BCUT2D eigenvalue weighted by Gasteiger charge is 2.22. The maximum atomic E-state index is 6.29. The van der Waals surface area contributed by atoms with Crippen molar-refractivity contribution in [1.29, 1.82) is 0 Å². The molecule has 2 aromatic rings. The zero-order valence-electron chi connectivity index (χ0n) is 16.9. The molecule has 0 atom stereocenters. The number of nitrogens with zero attached hydrogens (tertiary/aromatic N) is 4. The van der Waals surface area contributed by atoms with Crippen LogP contribution in [0.4, 0.5) is 5.82 Å². The van der Waals surface area contributed by atoms with Crippen molar-refractivity contribution in [3.8, 4) is 0 Å². The van der Waals surface area contributed by atoms with Crippen LogP contribution in [-0.2, 0) is 25.8 Å². The molecule has 0 aromatic carbocycles. The lowest BCUT2D eigenvalue weighted by Crippen LogP contribution is -2.23. The molecule has 0 radical (unpaired) electrons. The first-order chi connectivity index (χ1) is 13.1. The Morgan fingerprint density at radius 3 is 2.61 bits per heavy atom. The van der Waals surface area contributed by atoms with Crippen molar-refractivity contribution in [3.05, 3.63) is 17.1 Å². The van der Waals surface area contributed by atoms with Crippen molar-refractivity contribution in [3.63, 3.8) is 0 Å². The van der Waals surface area contributed by atoms with Gasteiger partial charge in [-0.2, -0.15) is 0 Å². The van der Waals surface area contributed by atoms with E-state index in [1.54, 1.807) is 0 Å². The van der Waals surface area contributed by atoms with Crippen molar-refractivity contribution < 1.29 is 0 Å². The van der Waals surface area contributed by atoms with E-state index in [1.807, 2.05) is 0 Å². The van der Waals surface area contributed by atoms with Crippen LogP contribution in [0.3, 0.4) is 0 Å². The standard InChI is InChI=1S/C20H33N7.ClH/c1-2-3-4-11-16-26-17-18(27(16)13-8-7-12-24-20(22)23)14-9-5-6-10-15(14)25-19(17)21;/h2-13H2,1H3,(H2,21,25)(H4,22,23,24);1H. The Morgan fingerprint density at radius 1 is 1.07 bits per heavy atom. The number of imidazole rings is 1. The van der Waals surface area contributed by atoms with Crippen LogP contribution in [0.25, 0.3) is 11.0 Å². The number of unbranched alkanes of at least 4 members (excludes halogenated alkanes) is 3. The fraction of sp³-hybridized carbons (Fsp3) is 0.650. The molecule has 0 spiro atoms. The molecular weight excluding hydrogens is 374 g/mol. The third-order valence-corrected chi connectivity index (χ3v) is 5.36. The second kappa shape index (κ2) is 10.5. The summed E-state index contributed by atoms with van der Waals surface area (Å²) in [6, 6.07) is 0. The summed E-state index contributed by atoms with van der Waals surface area (Å²) in [5.41, 5.74) is 21.8. The summed E-state index contributed by atoms with van der Waals surface area (Å²) in [5.74, 6) is 1.89. The molecule has 28 heavy (non-hydrogen) atoms. The van der Waals surface area contributed by atoms with Gasteiger partial charge in [0.2, 0.25) is 0 Å². The molecule has 0 amide bonds. The Hall–Kier alpha value is -2.02. The molecular formula is C20H34ClN7. The molecule has 1 aliphatic rings. The number of hydrogen-bond acceptors (Lipinski definition) is 4. The van der Waals surface area contributed by atoms with Crippen molar-refractivity contribution in [2.45, 2.75) is 77.7 Å². The average molecular weight is 408 g/mol. The minimum absolute atomic E-state index is 0. The quantitative estimate of drug-likeness (QED) is 0.335. The Kier molecular flexibility index (Phi) is 8.35. The van der Waals surface area contributed by atoms with Gasteiger partial charge in [0.15, 0.2) is 11.8 Å². The Balaban J connectivity index is 0.00000280. The maximum Gasteiger partial charge on any atom is 0.185 e. The highest BCUT2D eigenvalue weighted by molar-refractivity contribution is 5.89. The van der Waals surface area contributed by atoms with Gasteiger partial charge >= 0.3 is 0 Å². The highest BCUT2D eigenvalue weighted by atomic mass is 35.5. The summed E-state index contributed by atoms with van der Waals surface area (Å²) in [6.07, 6.45) is 11.1. The lowest BCUT2D eigenvalue weighted by molar-refractivity contribution is 0.583. The summed E-state index contributed by atoms with van der Waals surface area (Å²) < 4.78 is 2.41. The molecule has 6 N–H and O–H groups in total. The van der Waals surface area contributed by atoms with E-state index in [-0.39, 0.29) is 18.4 Å². The fourth-order valence-corrected chi connectivity index (χ4v) is 4.00. The first-order valence-corrected chi connectivity index (χ1v) is 10.3. The second-order valence-electron chi connectivity index (χ2n) is 7.48. The molecule has 0 unspecified atom stereocenters. The van der Waals surface area contributed by atoms with E-state index >= 15 is 0 Å². The second-order valence-corrected chi connectivity index (χ2v) is 7.48. The van der Waals surface area contributed by atoms with Crippen molar-refractivity contribution in [2.75, 3.05) is 12.3 Å². The first-order valence-electron chi connectivity index (χ1n) is 10.3. The number of rotatable bonds is 9. The smallest absolute Gasteiger partial charge is 0.185 e. The summed E-state index contributed by atoms with van der Waals surface area (Å²) in [4.78, 5) is 13.7. The van der Waals surface area contributed by atoms with Crippen LogP contribution >= 0.6 is 12.4 Å². The maximum absolute atomic E-state index is 6.29. The Morgan fingerprint density at radius 2 is 1.86 bits per heavy atom. The molecule has 0 bridgehead atoms. The molecule has 2 heterocycles. The van der Waals surface area contributed by atoms with Crippen molar-refractivity contribution in [1.82, 2.24) is 14.5 Å². The van der Waals surface area contributed by atoms with E-state index in [9.17, 15) is 0 Å². The van der Waals surface area contributed by atoms with Crippen LogP contribution in [0.15, 0.2) is 4.99 Å². The Bertz CT molecular complexity index is 809. The van der Waals surface area contributed by atoms with Gasteiger partial charge in [-0.15, -0.1) is 12.4 Å². The van der Waals surface area contributed by atoms with Gasteiger partial charge in [0.1, 0.15) is 11.3 Å². The predicted octanol–water partition coefficient (Wildman–Crippen LogP) is 3.10. The van der Waals surface area contributed by atoms with Gasteiger partial charge < -0.3 is 21.8 Å². The van der Waals surface area contributed by atoms with Gasteiger partial charge in [-0.1, -0.05) is 19.8 Å². The number of nitrogens with two attached hydrogens (primary N) is 3. The topological polar surface area (TPSA) is 121 Å². The molecule has 0 saturated heterocycles. The van der Waals surface area contributed by atoms with Gasteiger partial charge in [0.25, 0.3) is 0 Å². The molecule has 2 aromatic heterocycles. The van der Waals surface area contributed by atoms with Gasteiger partial charge in [-0.05, 0) is 50.5 Å². The van der Waals surface area contributed by atoms with Gasteiger partial charge in [0.05, 0.1) is 5.52 Å². The summed E-state index contributed by atoms with van der Waals surface area (Å²) in [5, 5.41) is 0. The molecule has 0 saturated carbocycles. The van der Waals surface area contributed by atoms with E-state index in [4.69, 9.17) is 22.2 Å². The van der Waals surface area contributed by atoms with Crippen molar-refractivity contribution in [2.24, 2.45) is 16.5 Å². The number of anilines is 1. The number of aliphatic imine (C=N–C) groups is 1. The molecule has 0 aliphatic heterocycles. The zero-order chi connectivity index (χ0) is 19.2. The number of aryl methyl sites for hydroxylation is 4. The largest absolute Gasteiger partial charge is 0.382 e. The van der Waals surface area contributed by atoms with Crippen LogP contribution in [0, 0.1) is 0 Å². The lowest BCUT2D eigenvalue weighted by atomic mass is 9.95. The first kappa shape index (κ1) is 22.3. The Labute approximate surface area is 173 Å². The van der Waals surface area contributed by atoms with E-state index in [2.05, 4.69) is 21.5 Å². The van der Waals surface area contributed by atoms with Crippen LogP contribution in [0.1, 0.15) is 69.0 Å². The summed E-state index contributed by atoms with van der Waals surface area (Å²) in [7, 11) is 0. The average Bonchev–Trinajstić information content (AvgIpc) is 3.01. The number of pyridine rings is 1. The third kappa shape index (κ3) is 5.07. The van der Waals surface area contributed by atoms with Gasteiger partial charge in [-0.3, -0.25) is 4.99 Å². The number of aromatic nitrogens is 3. The number of halogens is 1. The number of guanidine groups is 1. The minimum Gasteiger partial charge on any atom is -0.382 e. The fourth-order valence-electron chi connectivity index (χ4n) is 4.00. The van der Waals surface area contributed by atoms with E-state index in [1.165, 1.54) is 42.5 Å². The van der Waals surface area contributed by atoms with Crippen LogP contribution in [0.5, 0.6) is 0 Å². The van der Waals surface area contributed by atoms with Crippen LogP contribution in [-0.4, -0.2) is 27.0 Å². The highest BCUT2D eigenvalue weighted by Crippen LogP contribution is 2.32. The molecule has 156 valence electrons. The number of fused-ring (bicyclic) bond motifs is 3. The summed E-state index contributed by atoms with van der Waals surface area (Å²) >= 11 is 0. The molecule has 8 heteroatoms. The number of hydrogen-bond donors (Lipinski definition) is 3. The third-order valence-electron chi connectivity index (χ3n) is 5.36. The summed E-state index contributed by atoms with van der Waals surface area (Å²) in [6.45, 7) is 3.82. The molecule has 7 nitrogen and oxygen atoms in total. The zero-order valence-corrected chi connectivity index (χ0v) is 17.7. The monoisotopic (exact) mass is 407 g/mol. The van der Waals surface area contributed by atoms with Crippen molar-refractivity contribution >= 4 is 35.2 Å². The lowest BCUT2D eigenvalue weighted by Gasteiger charge is -2.18. The van der Waals surface area contributed by atoms with Crippen LogP contribution in [0.2, 0.25) is 0 Å². The molecule has 1 aliphatic carbocycles. The normalized spacial score (nSPS) is 13.2. The predicted molar refractivity (Wildman–Crippen MR) is 119 cm³/mol. The van der Waals surface area contributed by atoms with Gasteiger partial charge in [0, 0.05) is 25.2 Å². The van der Waals surface area contributed by atoms with Crippen LogP contribution < -0.4 is 17.2 Å². The SMILES string of the molecule is CCCCCc1nc2c(N)nc3c(c2n1CCCCN=C(N)N)CCCC3.Cl. The molecule has 0 fully saturated rings. The van der Waals surface area contributed by atoms with E-state index in [0.29, 0.717) is 12.4 Å². The van der Waals surface area contributed by atoms with Gasteiger partial charge in [-0.25, -0.2) is 9.97 Å². The molecule has 3 rings (SSSR count). The van der Waals surface area contributed by atoms with E-state index < -0.39 is 0 Å². The number of nitrogen functional groups attached to an aromatic ring is 1. The minimum atomic E-state index is 0. The van der Waals surface area contributed by atoms with E-state index in [0.717, 1.165) is 56.4 Å².